The van der Waals surface area contributed by atoms with Crippen molar-refractivity contribution in [3.63, 3.8) is 0 Å². The van der Waals surface area contributed by atoms with Gasteiger partial charge in [0.1, 0.15) is 5.82 Å². The number of hydrogen-bond donors (Lipinski definition) is 1. The van der Waals surface area contributed by atoms with Crippen LogP contribution in [0.25, 0.3) is 44.6 Å². The largest absolute Gasteiger partial charge is 0.478 e. The molecule has 0 unspecified atom stereocenters. The zero-order chi connectivity index (χ0) is 23.1. The molecule has 6 rings (SSSR count). The number of benzene rings is 2. The standard InChI is InChI=1S/C28H24N4O2/c33-28(34)19-11-12-25-24(15-19)31-27(32(25)23-9-5-2-6-10-23)22-14-20-13-21(16-29-26(20)30-17-22)18-7-3-1-4-8-18/h1,3-4,7-8,11-17,23H,2,5-6,9-10H2,(H,33,34). The topological polar surface area (TPSA) is 80.9 Å². The van der Waals surface area contributed by atoms with Crippen molar-refractivity contribution in [2.75, 3.05) is 0 Å². The molecular formula is C28H24N4O2. The highest BCUT2D eigenvalue weighted by atomic mass is 16.4. The Morgan fingerprint density at radius 3 is 2.35 bits per heavy atom. The van der Waals surface area contributed by atoms with E-state index in [0.29, 0.717) is 17.2 Å². The lowest BCUT2D eigenvalue weighted by molar-refractivity contribution is 0.0697. The molecule has 0 atom stereocenters. The molecule has 1 aliphatic rings. The predicted octanol–water partition coefficient (Wildman–Crippen LogP) is 6.52. The van der Waals surface area contributed by atoms with Crippen LogP contribution < -0.4 is 0 Å². The molecule has 0 saturated heterocycles. The van der Waals surface area contributed by atoms with E-state index in [1.807, 2.05) is 36.7 Å². The van der Waals surface area contributed by atoms with Gasteiger partial charge in [0.25, 0.3) is 0 Å². The maximum atomic E-state index is 11.6. The number of hydrogen-bond acceptors (Lipinski definition) is 4. The molecule has 1 aliphatic carbocycles. The van der Waals surface area contributed by atoms with Gasteiger partial charge in [-0.1, -0.05) is 49.6 Å². The van der Waals surface area contributed by atoms with Gasteiger partial charge in [-0.2, -0.15) is 0 Å². The molecule has 0 aliphatic heterocycles. The van der Waals surface area contributed by atoms with Crippen LogP contribution in [0.15, 0.2) is 73.1 Å². The Labute approximate surface area is 196 Å². The predicted molar refractivity (Wildman–Crippen MR) is 133 cm³/mol. The van der Waals surface area contributed by atoms with Gasteiger partial charge in [-0.05, 0) is 48.7 Å². The summed E-state index contributed by atoms with van der Waals surface area (Å²) < 4.78 is 2.30. The lowest BCUT2D eigenvalue weighted by atomic mass is 9.95. The summed E-state index contributed by atoms with van der Waals surface area (Å²) in [6, 6.07) is 20.0. The summed E-state index contributed by atoms with van der Waals surface area (Å²) in [5.41, 5.74) is 5.69. The summed E-state index contributed by atoms with van der Waals surface area (Å²) in [7, 11) is 0. The van der Waals surface area contributed by atoms with Gasteiger partial charge in [-0.3, -0.25) is 0 Å². The molecule has 6 heteroatoms. The molecule has 168 valence electrons. The Balaban J connectivity index is 1.52. The number of rotatable bonds is 4. The van der Waals surface area contributed by atoms with Crippen molar-refractivity contribution in [1.82, 2.24) is 19.5 Å². The van der Waals surface area contributed by atoms with Gasteiger partial charge in [-0.15, -0.1) is 0 Å². The Hall–Kier alpha value is -4.06. The Kier molecular flexibility index (Phi) is 5.06. The first kappa shape index (κ1) is 20.5. The van der Waals surface area contributed by atoms with Crippen LogP contribution in [0.1, 0.15) is 48.5 Å². The van der Waals surface area contributed by atoms with Gasteiger partial charge >= 0.3 is 5.97 Å². The summed E-state index contributed by atoms with van der Waals surface area (Å²) in [5.74, 6) is -0.105. The minimum Gasteiger partial charge on any atom is -0.478 e. The van der Waals surface area contributed by atoms with Crippen LogP contribution in [0, 0.1) is 0 Å². The van der Waals surface area contributed by atoms with Gasteiger partial charge in [-0.25, -0.2) is 19.7 Å². The van der Waals surface area contributed by atoms with Crippen molar-refractivity contribution >= 4 is 28.0 Å². The van der Waals surface area contributed by atoms with Gasteiger partial charge < -0.3 is 9.67 Å². The van der Waals surface area contributed by atoms with E-state index in [1.54, 1.807) is 12.1 Å². The third-order valence-corrected chi connectivity index (χ3v) is 6.77. The monoisotopic (exact) mass is 448 g/mol. The van der Waals surface area contributed by atoms with Crippen LogP contribution in [0.5, 0.6) is 0 Å². The van der Waals surface area contributed by atoms with Gasteiger partial charge in [0.05, 0.1) is 16.6 Å². The second kappa shape index (κ2) is 8.37. The summed E-state index contributed by atoms with van der Waals surface area (Å²) in [4.78, 5) is 25.7. The maximum absolute atomic E-state index is 11.6. The molecule has 6 nitrogen and oxygen atoms in total. The van der Waals surface area contributed by atoms with E-state index >= 15 is 0 Å². The molecule has 0 bridgehead atoms. The summed E-state index contributed by atoms with van der Waals surface area (Å²) in [6.07, 6.45) is 9.52. The van der Waals surface area contributed by atoms with Crippen LogP contribution in [-0.2, 0) is 0 Å². The lowest BCUT2D eigenvalue weighted by Gasteiger charge is -2.25. The number of carbonyl (C=O) groups is 1. The first-order chi connectivity index (χ1) is 16.7. The van der Waals surface area contributed by atoms with Crippen LogP contribution in [0.3, 0.4) is 0 Å². The van der Waals surface area contributed by atoms with Gasteiger partial charge in [0, 0.05) is 34.9 Å². The highest BCUT2D eigenvalue weighted by Crippen LogP contribution is 2.36. The van der Waals surface area contributed by atoms with E-state index < -0.39 is 5.97 Å². The Morgan fingerprint density at radius 1 is 0.853 bits per heavy atom. The Bertz CT molecular complexity index is 1520. The average Bonchev–Trinajstić information content (AvgIpc) is 3.28. The lowest BCUT2D eigenvalue weighted by Crippen LogP contribution is -2.14. The van der Waals surface area contributed by atoms with E-state index in [-0.39, 0.29) is 5.56 Å². The number of imidazole rings is 1. The molecule has 34 heavy (non-hydrogen) atoms. The molecule has 5 aromatic rings. The minimum absolute atomic E-state index is 0.251. The summed E-state index contributed by atoms with van der Waals surface area (Å²) >= 11 is 0. The zero-order valence-electron chi connectivity index (χ0n) is 18.7. The van der Waals surface area contributed by atoms with Crippen molar-refractivity contribution < 1.29 is 9.90 Å². The maximum Gasteiger partial charge on any atom is 0.335 e. The summed E-state index contributed by atoms with van der Waals surface area (Å²) in [5, 5.41) is 10.4. The molecule has 0 amide bonds. The molecule has 1 N–H and O–H groups in total. The van der Waals surface area contributed by atoms with Gasteiger partial charge in [0.2, 0.25) is 0 Å². The average molecular weight is 449 g/mol. The first-order valence-electron chi connectivity index (χ1n) is 11.7. The molecule has 1 fully saturated rings. The van der Waals surface area contributed by atoms with Crippen LogP contribution in [0.2, 0.25) is 0 Å². The number of nitrogens with zero attached hydrogens (tertiary/aromatic N) is 4. The van der Waals surface area contributed by atoms with E-state index in [1.165, 1.54) is 19.3 Å². The molecule has 0 radical (unpaired) electrons. The van der Waals surface area contributed by atoms with Crippen molar-refractivity contribution in [1.29, 1.82) is 0 Å². The third-order valence-electron chi connectivity index (χ3n) is 6.77. The molecule has 2 aromatic carbocycles. The second-order valence-electron chi connectivity index (χ2n) is 8.97. The molecule has 0 spiro atoms. The van der Waals surface area contributed by atoms with Crippen LogP contribution in [0.4, 0.5) is 0 Å². The van der Waals surface area contributed by atoms with E-state index in [4.69, 9.17) is 4.98 Å². The fourth-order valence-electron chi connectivity index (χ4n) is 5.08. The SMILES string of the molecule is O=C(O)c1ccc2c(c1)nc(-c1cnc3ncc(-c4ccccc4)cc3c1)n2C1CCCCC1. The number of pyridine rings is 2. The molecule has 1 saturated carbocycles. The van der Waals surface area contributed by atoms with Crippen molar-refractivity contribution in [2.45, 2.75) is 38.1 Å². The number of carboxylic acid groups (broad SMARTS) is 1. The van der Waals surface area contributed by atoms with Crippen LogP contribution in [-0.4, -0.2) is 30.6 Å². The normalized spacial score (nSPS) is 14.6. The minimum atomic E-state index is -0.942. The van der Waals surface area contributed by atoms with E-state index in [9.17, 15) is 9.90 Å². The highest BCUT2D eigenvalue weighted by Gasteiger charge is 2.23. The smallest absolute Gasteiger partial charge is 0.335 e. The van der Waals surface area contributed by atoms with Crippen molar-refractivity contribution in [2.24, 2.45) is 0 Å². The van der Waals surface area contributed by atoms with Crippen molar-refractivity contribution in [3.05, 3.63) is 78.6 Å². The molecule has 3 heterocycles. The summed E-state index contributed by atoms with van der Waals surface area (Å²) in [6.45, 7) is 0. The van der Waals surface area contributed by atoms with Crippen molar-refractivity contribution in [3.8, 4) is 22.5 Å². The molecule has 3 aromatic heterocycles. The second-order valence-corrected chi connectivity index (χ2v) is 8.97. The fraction of sp³-hybridized carbons (Fsp3) is 0.214. The number of aromatic carboxylic acids is 1. The van der Waals surface area contributed by atoms with E-state index in [2.05, 4.69) is 38.8 Å². The fourth-order valence-corrected chi connectivity index (χ4v) is 5.08. The van der Waals surface area contributed by atoms with Crippen LogP contribution >= 0.6 is 0 Å². The molecular weight excluding hydrogens is 424 g/mol. The third kappa shape index (κ3) is 3.61. The quantitative estimate of drug-likeness (QED) is 0.339. The van der Waals surface area contributed by atoms with Gasteiger partial charge in [0.15, 0.2) is 5.65 Å². The highest BCUT2D eigenvalue weighted by molar-refractivity contribution is 5.93. The van der Waals surface area contributed by atoms with E-state index in [0.717, 1.165) is 46.3 Å². The zero-order valence-corrected chi connectivity index (χ0v) is 18.7. The first-order valence-corrected chi connectivity index (χ1v) is 11.7. The number of carboxylic acids is 1. The Morgan fingerprint density at radius 2 is 1.59 bits per heavy atom. The number of aromatic nitrogens is 4. The number of fused-ring (bicyclic) bond motifs is 2.